The van der Waals surface area contributed by atoms with E-state index < -0.39 is 5.60 Å². The molecule has 2 rings (SSSR count). The Kier molecular flexibility index (Phi) is 6.89. The maximum Gasteiger partial charge on any atom is 0.325 e. The number of hydrogen-bond donors (Lipinski definition) is 2. The molecule has 0 spiro atoms. The van der Waals surface area contributed by atoms with Crippen LogP contribution in [-0.4, -0.2) is 50.3 Å². The number of aliphatic imine (C=N–C) groups is 1. The van der Waals surface area contributed by atoms with Crippen LogP contribution in [0.25, 0.3) is 0 Å². The van der Waals surface area contributed by atoms with E-state index in [4.69, 9.17) is 4.74 Å². The normalized spacial score (nSPS) is 18.4. The smallest absolute Gasteiger partial charge is 0.325 e. The number of benzene rings is 1. The van der Waals surface area contributed by atoms with E-state index in [2.05, 4.69) is 51.7 Å². The minimum atomic E-state index is -0.479. The average molecular weight is 361 g/mol. The van der Waals surface area contributed by atoms with E-state index in [9.17, 15) is 4.79 Å². The second-order valence-electron chi connectivity index (χ2n) is 7.78. The number of nitrogens with one attached hydrogen (secondary N) is 2. The van der Waals surface area contributed by atoms with Crippen molar-refractivity contribution >= 4 is 17.6 Å². The summed E-state index contributed by atoms with van der Waals surface area (Å²) in [6.07, 6.45) is 2.20. The molecule has 1 aliphatic rings. The van der Waals surface area contributed by atoms with E-state index in [0.29, 0.717) is 5.96 Å². The molecule has 0 aliphatic carbocycles. The number of hydrogen-bond acceptors (Lipinski definition) is 4. The van der Waals surface area contributed by atoms with Gasteiger partial charge in [0.1, 0.15) is 12.1 Å². The van der Waals surface area contributed by atoms with Gasteiger partial charge in [0.25, 0.3) is 0 Å². The van der Waals surface area contributed by atoms with Gasteiger partial charge in [0.2, 0.25) is 0 Å². The van der Waals surface area contributed by atoms with Crippen LogP contribution in [0.3, 0.4) is 0 Å². The van der Waals surface area contributed by atoms with Crippen LogP contribution in [-0.2, 0) is 9.53 Å². The molecule has 1 aromatic carbocycles. The lowest BCUT2D eigenvalue weighted by Gasteiger charge is -2.35. The van der Waals surface area contributed by atoms with E-state index >= 15 is 0 Å². The maximum atomic E-state index is 11.9. The highest BCUT2D eigenvalue weighted by Gasteiger charge is 2.22. The van der Waals surface area contributed by atoms with Crippen molar-refractivity contribution in [2.24, 2.45) is 4.99 Å². The molecule has 1 heterocycles. The molecular weight excluding hydrogens is 328 g/mol. The molecule has 0 bridgehead atoms. The van der Waals surface area contributed by atoms with Crippen LogP contribution in [0, 0.1) is 6.92 Å². The van der Waals surface area contributed by atoms with Gasteiger partial charge in [-0.2, -0.15) is 0 Å². The van der Waals surface area contributed by atoms with E-state index in [0.717, 1.165) is 25.9 Å². The lowest BCUT2D eigenvalue weighted by Crippen LogP contribution is -2.52. The molecule has 6 heteroatoms. The molecule has 1 fully saturated rings. The second kappa shape index (κ2) is 8.92. The first-order chi connectivity index (χ1) is 12.3. The van der Waals surface area contributed by atoms with Crippen molar-refractivity contribution in [3.63, 3.8) is 0 Å². The van der Waals surface area contributed by atoms with Crippen LogP contribution < -0.4 is 15.5 Å². The SMILES string of the molecule is CN=C(NCC(=O)OC(C)(C)C)NC1CCCN(c2ccc(C)cc2)C1. The number of carbonyl (C=O) groups is 1. The predicted octanol–water partition coefficient (Wildman–Crippen LogP) is 2.47. The number of piperidine rings is 1. The number of guanidine groups is 1. The molecule has 1 aromatic rings. The Morgan fingerprint density at radius 3 is 2.62 bits per heavy atom. The van der Waals surface area contributed by atoms with Crippen molar-refractivity contribution in [3.05, 3.63) is 29.8 Å². The Morgan fingerprint density at radius 1 is 1.31 bits per heavy atom. The highest BCUT2D eigenvalue weighted by molar-refractivity contribution is 5.84. The summed E-state index contributed by atoms with van der Waals surface area (Å²) in [6, 6.07) is 8.93. The highest BCUT2D eigenvalue weighted by Crippen LogP contribution is 2.20. The Bertz CT molecular complexity index is 620. The monoisotopic (exact) mass is 360 g/mol. The van der Waals surface area contributed by atoms with Crippen LogP contribution >= 0.6 is 0 Å². The van der Waals surface area contributed by atoms with Crippen LogP contribution in [0.4, 0.5) is 5.69 Å². The third-order valence-corrected chi connectivity index (χ3v) is 4.21. The van der Waals surface area contributed by atoms with E-state index in [1.165, 1.54) is 11.3 Å². The fraction of sp³-hybridized carbons (Fsp3) is 0.600. The van der Waals surface area contributed by atoms with Gasteiger partial charge in [-0.25, -0.2) is 0 Å². The summed E-state index contributed by atoms with van der Waals surface area (Å²) >= 11 is 0. The van der Waals surface area contributed by atoms with Gasteiger partial charge in [0, 0.05) is 31.9 Å². The van der Waals surface area contributed by atoms with E-state index in [1.807, 2.05) is 20.8 Å². The molecule has 0 saturated carbocycles. The maximum absolute atomic E-state index is 11.9. The van der Waals surface area contributed by atoms with Crippen molar-refractivity contribution < 1.29 is 9.53 Å². The fourth-order valence-electron chi connectivity index (χ4n) is 3.01. The predicted molar refractivity (Wildman–Crippen MR) is 107 cm³/mol. The van der Waals surface area contributed by atoms with Crippen LogP contribution in [0.5, 0.6) is 0 Å². The fourth-order valence-corrected chi connectivity index (χ4v) is 3.01. The quantitative estimate of drug-likeness (QED) is 0.491. The molecule has 0 amide bonds. The number of rotatable bonds is 4. The molecule has 0 radical (unpaired) electrons. The number of nitrogens with zero attached hydrogens (tertiary/aromatic N) is 2. The Hall–Kier alpha value is -2.24. The number of carbonyl (C=O) groups excluding carboxylic acids is 1. The van der Waals surface area contributed by atoms with Gasteiger partial charge in [-0.3, -0.25) is 9.79 Å². The molecule has 0 aromatic heterocycles. The van der Waals surface area contributed by atoms with Crippen LogP contribution in [0.2, 0.25) is 0 Å². The summed E-state index contributed by atoms with van der Waals surface area (Å²) in [5.41, 5.74) is 2.04. The molecule has 1 unspecified atom stereocenters. The van der Waals surface area contributed by atoms with Crippen molar-refractivity contribution in [3.8, 4) is 0 Å². The largest absolute Gasteiger partial charge is 0.459 e. The third-order valence-electron chi connectivity index (χ3n) is 4.21. The highest BCUT2D eigenvalue weighted by atomic mass is 16.6. The first kappa shape index (κ1) is 20.1. The van der Waals surface area contributed by atoms with Crippen molar-refractivity contribution in [1.82, 2.24) is 10.6 Å². The zero-order chi connectivity index (χ0) is 19.2. The number of aryl methyl sites for hydroxylation is 1. The van der Waals surface area contributed by atoms with Gasteiger partial charge >= 0.3 is 5.97 Å². The minimum absolute atomic E-state index is 0.103. The summed E-state index contributed by atoms with van der Waals surface area (Å²) in [7, 11) is 1.71. The standard InChI is InChI=1S/C20H32N4O2/c1-15-8-10-17(11-9-15)24-12-6-7-16(14-24)23-19(21-5)22-13-18(25)26-20(2,3)4/h8-11,16H,6-7,12-14H2,1-5H3,(H2,21,22,23). The molecule has 144 valence electrons. The van der Waals surface area contributed by atoms with Crippen LogP contribution in [0.1, 0.15) is 39.2 Å². The summed E-state index contributed by atoms with van der Waals surface area (Å²) in [5.74, 6) is 0.344. The summed E-state index contributed by atoms with van der Waals surface area (Å²) in [5, 5.41) is 6.47. The average Bonchev–Trinajstić information content (AvgIpc) is 2.58. The first-order valence-corrected chi connectivity index (χ1v) is 9.27. The Morgan fingerprint density at radius 2 is 2.00 bits per heavy atom. The van der Waals surface area contributed by atoms with Gasteiger partial charge in [-0.15, -0.1) is 0 Å². The van der Waals surface area contributed by atoms with Gasteiger partial charge in [0.05, 0.1) is 0 Å². The number of anilines is 1. The molecule has 6 nitrogen and oxygen atoms in total. The summed E-state index contributed by atoms with van der Waals surface area (Å²) in [4.78, 5) is 18.5. The Labute approximate surface area is 157 Å². The van der Waals surface area contributed by atoms with Gasteiger partial charge in [-0.05, 0) is 52.7 Å². The van der Waals surface area contributed by atoms with Crippen molar-refractivity contribution in [1.29, 1.82) is 0 Å². The van der Waals surface area contributed by atoms with Crippen molar-refractivity contribution in [2.45, 2.75) is 52.2 Å². The van der Waals surface area contributed by atoms with Crippen LogP contribution in [0.15, 0.2) is 29.3 Å². The lowest BCUT2D eigenvalue weighted by molar-refractivity contribution is -0.153. The zero-order valence-corrected chi connectivity index (χ0v) is 16.6. The lowest BCUT2D eigenvalue weighted by atomic mass is 10.0. The van der Waals surface area contributed by atoms with Gasteiger partial charge in [0.15, 0.2) is 5.96 Å². The van der Waals surface area contributed by atoms with Gasteiger partial charge in [-0.1, -0.05) is 17.7 Å². The Balaban J connectivity index is 1.85. The third kappa shape index (κ3) is 6.58. The molecule has 26 heavy (non-hydrogen) atoms. The second-order valence-corrected chi connectivity index (χ2v) is 7.78. The van der Waals surface area contributed by atoms with E-state index in [-0.39, 0.29) is 18.6 Å². The molecule has 1 atom stereocenters. The first-order valence-electron chi connectivity index (χ1n) is 9.27. The molecule has 1 saturated heterocycles. The van der Waals surface area contributed by atoms with E-state index in [1.54, 1.807) is 7.05 Å². The minimum Gasteiger partial charge on any atom is -0.459 e. The zero-order valence-electron chi connectivity index (χ0n) is 16.6. The molecule has 2 N–H and O–H groups in total. The topological polar surface area (TPSA) is 66.0 Å². The summed E-state index contributed by atoms with van der Waals surface area (Å²) < 4.78 is 5.31. The molecular formula is C20H32N4O2. The number of ether oxygens (including phenoxy) is 1. The number of esters is 1. The van der Waals surface area contributed by atoms with Crippen molar-refractivity contribution in [2.75, 3.05) is 31.6 Å². The molecule has 1 aliphatic heterocycles. The van der Waals surface area contributed by atoms with Gasteiger partial charge < -0.3 is 20.3 Å². The summed E-state index contributed by atoms with van der Waals surface area (Å²) in [6.45, 7) is 9.76.